The van der Waals surface area contributed by atoms with Gasteiger partial charge in [0.15, 0.2) is 0 Å². The summed E-state index contributed by atoms with van der Waals surface area (Å²) in [4.78, 5) is 42.0. The molecule has 0 N–H and O–H groups in total. The minimum atomic E-state index is -0.170. The topological polar surface area (TPSA) is 66.9 Å². The van der Waals surface area contributed by atoms with Crippen molar-refractivity contribution in [3.63, 3.8) is 0 Å². The number of piperidine rings is 1. The van der Waals surface area contributed by atoms with E-state index in [0.29, 0.717) is 39.1 Å². The van der Waals surface area contributed by atoms with Gasteiger partial charge in [-0.2, -0.15) is 0 Å². The molecule has 196 valence electrons. The Labute approximate surface area is 224 Å². The van der Waals surface area contributed by atoms with Crippen LogP contribution in [0.15, 0.2) is 91.0 Å². The summed E-state index contributed by atoms with van der Waals surface area (Å²) in [6, 6.07) is 27.2. The second kappa shape index (κ2) is 13.4. The van der Waals surface area contributed by atoms with Crippen LogP contribution in [0.3, 0.4) is 0 Å². The fourth-order valence-electron chi connectivity index (χ4n) is 4.63. The van der Waals surface area contributed by atoms with E-state index in [2.05, 4.69) is 0 Å². The van der Waals surface area contributed by atoms with Crippen LogP contribution in [0.1, 0.15) is 36.5 Å². The second-order valence-electron chi connectivity index (χ2n) is 9.41. The third-order valence-electron chi connectivity index (χ3n) is 6.71. The molecule has 0 radical (unpaired) electrons. The molecule has 0 saturated carbocycles. The molecule has 4 rings (SSSR count). The molecule has 2 amide bonds. The van der Waals surface area contributed by atoms with Crippen molar-refractivity contribution in [3.8, 4) is 0 Å². The zero-order chi connectivity index (χ0) is 26.7. The van der Waals surface area contributed by atoms with Crippen molar-refractivity contribution in [1.82, 2.24) is 4.90 Å². The number of rotatable bonds is 9. The van der Waals surface area contributed by atoms with Gasteiger partial charge in [-0.25, -0.2) is 0 Å². The van der Waals surface area contributed by atoms with Gasteiger partial charge < -0.3 is 14.5 Å². The first kappa shape index (κ1) is 26.9. The van der Waals surface area contributed by atoms with Gasteiger partial charge in [0.1, 0.15) is 0 Å². The first-order chi connectivity index (χ1) is 18.5. The number of benzene rings is 3. The van der Waals surface area contributed by atoms with E-state index in [1.54, 1.807) is 17.9 Å². The van der Waals surface area contributed by atoms with E-state index in [0.717, 1.165) is 22.4 Å². The van der Waals surface area contributed by atoms with Gasteiger partial charge in [-0.3, -0.25) is 14.4 Å². The maximum Gasteiger partial charge on any atom is 0.309 e. The minimum absolute atomic E-state index is 0.0226. The van der Waals surface area contributed by atoms with Crippen LogP contribution in [0.5, 0.6) is 0 Å². The number of likely N-dealkylation sites (tertiary alicyclic amines) is 1. The fourth-order valence-corrected chi connectivity index (χ4v) is 4.63. The maximum absolute atomic E-state index is 13.4. The van der Waals surface area contributed by atoms with Crippen molar-refractivity contribution in [2.45, 2.75) is 32.7 Å². The summed E-state index contributed by atoms with van der Waals surface area (Å²) in [5, 5.41) is 0. The second-order valence-corrected chi connectivity index (χ2v) is 9.41. The Hall–Kier alpha value is -4.19. The van der Waals surface area contributed by atoms with E-state index in [1.807, 2.05) is 95.9 Å². The number of hydrogen-bond donors (Lipinski definition) is 0. The number of hydrogen-bond acceptors (Lipinski definition) is 4. The number of anilines is 1. The number of ether oxygens (including phenoxy) is 1. The monoisotopic (exact) mass is 510 g/mol. The van der Waals surface area contributed by atoms with Crippen molar-refractivity contribution in [3.05, 3.63) is 108 Å². The molecule has 0 atom stereocenters. The molecule has 1 heterocycles. The molecule has 3 aromatic rings. The molecule has 1 saturated heterocycles. The Balaban J connectivity index is 1.47. The van der Waals surface area contributed by atoms with E-state index >= 15 is 0 Å². The van der Waals surface area contributed by atoms with Crippen LogP contribution in [-0.4, -0.2) is 42.4 Å². The maximum atomic E-state index is 13.4. The molecule has 38 heavy (non-hydrogen) atoms. The summed E-state index contributed by atoms with van der Waals surface area (Å²) in [6.45, 7) is 3.69. The zero-order valence-electron chi connectivity index (χ0n) is 21.8. The molecule has 6 nitrogen and oxygen atoms in total. The molecular formula is C32H34N2O4. The molecule has 3 aromatic carbocycles. The molecule has 0 unspecified atom stereocenters. The van der Waals surface area contributed by atoms with Gasteiger partial charge in [0.25, 0.3) is 5.91 Å². The van der Waals surface area contributed by atoms with Crippen LogP contribution in [0.4, 0.5) is 5.69 Å². The molecular weight excluding hydrogens is 476 g/mol. The quantitative estimate of drug-likeness (QED) is 0.290. The summed E-state index contributed by atoms with van der Waals surface area (Å²) in [5.41, 5.74) is 3.55. The van der Waals surface area contributed by atoms with Crippen LogP contribution in [0, 0.1) is 5.92 Å². The Morgan fingerprint density at radius 2 is 1.55 bits per heavy atom. The lowest BCUT2D eigenvalue weighted by molar-refractivity contribution is -0.151. The molecule has 0 spiro atoms. The van der Waals surface area contributed by atoms with E-state index in [-0.39, 0.29) is 30.1 Å². The third-order valence-corrected chi connectivity index (χ3v) is 6.71. The predicted octanol–water partition coefficient (Wildman–Crippen LogP) is 5.28. The van der Waals surface area contributed by atoms with Crippen LogP contribution < -0.4 is 4.90 Å². The average molecular weight is 511 g/mol. The van der Waals surface area contributed by atoms with Gasteiger partial charge in [-0.15, -0.1) is 0 Å². The van der Waals surface area contributed by atoms with Crippen molar-refractivity contribution in [1.29, 1.82) is 0 Å². The van der Waals surface area contributed by atoms with Gasteiger partial charge in [-0.1, -0.05) is 72.8 Å². The van der Waals surface area contributed by atoms with Gasteiger partial charge in [0.2, 0.25) is 5.91 Å². The molecule has 0 aromatic heterocycles. The highest BCUT2D eigenvalue weighted by Crippen LogP contribution is 2.23. The van der Waals surface area contributed by atoms with Gasteiger partial charge in [0.05, 0.1) is 25.5 Å². The Morgan fingerprint density at radius 3 is 2.24 bits per heavy atom. The smallest absolute Gasteiger partial charge is 0.309 e. The van der Waals surface area contributed by atoms with Crippen LogP contribution >= 0.6 is 0 Å². The van der Waals surface area contributed by atoms with Crippen molar-refractivity contribution >= 4 is 29.5 Å². The van der Waals surface area contributed by atoms with Crippen molar-refractivity contribution in [2.75, 3.05) is 24.6 Å². The number of carbonyl (C=O) groups excluding carboxylic acids is 3. The normalized spacial score (nSPS) is 13.9. The predicted molar refractivity (Wildman–Crippen MR) is 149 cm³/mol. The fraction of sp³-hybridized carbons (Fsp3) is 0.281. The number of carbonyl (C=O) groups is 3. The van der Waals surface area contributed by atoms with E-state index < -0.39 is 0 Å². The molecule has 1 aliphatic heterocycles. The van der Waals surface area contributed by atoms with Gasteiger partial charge in [0, 0.05) is 24.9 Å². The highest BCUT2D eigenvalue weighted by Gasteiger charge is 2.28. The highest BCUT2D eigenvalue weighted by atomic mass is 16.5. The summed E-state index contributed by atoms with van der Waals surface area (Å²) < 4.78 is 5.13. The van der Waals surface area contributed by atoms with E-state index in [4.69, 9.17) is 4.74 Å². The SMILES string of the molecule is CCOC(=O)C1CCN(C(=O)Cc2cccc(N(Cc3ccccc3)C(=O)C=Cc3ccccc3)c2)CC1. The summed E-state index contributed by atoms with van der Waals surface area (Å²) >= 11 is 0. The molecule has 0 aliphatic carbocycles. The Morgan fingerprint density at radius 1 is 0.895 bits per heavy atom. The molecule has 1 fully saturated rings. The molecule has 0 bridgehead atoms. The average Bonchev–Trinajstić information content (AvgIpc) is 2.96. The van der Waals surface area contributed by atoms with Crippen molar-refractivity contribution < 1.29 is 19.1 Å². The summed E-state index contributed by atoms with van der Waals surface area (Å²) in [5.74, 6) is -0.419. The van der Waals surface area contributed by atoms with Crippen LogP contribution in [0.2, 0.25) is 0 Å². The summed E-state index contributed by atoms with van der Waals surface area (Å²) in [6.07, 6.45) is 4.89. The largest absolute Gasteiger partial charge is 0.466 e. The van der Waals surface area contributed by atoms with Crippen molar-refractivity contribution in [2.24, 2.45) is 5.92 Å². The number of esters is 1. The first-order valence-electron chi connectivity index (χ1n) is 13.2. The lowest BCUT2D eigenvalue weighted by Crippen LogP contribution is -2.41. The van der Waals surface area contributed by atoms with E-state index in [1.165, 1.54) is 0 Å². The first-order valence-corrected chi connectivity index (χ1v) is 13.2. The highest BCUT2D eigenvalue weighted by molar-refractivity contribution is 6.03. The number of nitrogens with zero attached hydrogens (tertiary/aromatic N) is 2. The third kappa shape index (κ3) is 7.42. The van der Waals surface area contributed by atoms with Crippen LogP contribution in [0.25, 0.3) is 6.08 Å². The molecule has 6 heteroatoms. The lowest BCUT2D eigenvalue weighted by Gasteiger charge is -2.31. The zero-order valence-corrected chi connectivity index (χ0v) is 21.8. The minimum Gasteiger partial charge on any atom is -0.466 e. The Kier molecular flexibility index (Phi) is 9.46. The van der Waals surface area contributed by atoms with Crippen LogP contribution in [-0.2, 0) is 32.1 Å². The molecule has 1 aliphatic rings. The number of amides is 2. The van der Waals surface area contributed by atoms with Gasteiger partial charge in [-0.05, 0) is 54.7 Å². The lowest BCUT2D eigenvalue weighted by atomic mass is 9.96. The van der Waals surface area contributed by atoms with Gasteiger partial charge >= 0.3 is 5.97 Å². The van der Waals surface area contributed by atoms with E-state index in [9.17, 15) is 14.4 Å². The Bertz CT molecular complexity index is 1250. The summed E-state index contributed by atoms with van der Waals surface area (Å²) in [7, 11) is 0. The standard InChI is InChI=1S/C32H34N2O4/c1-2-38-32(37)28-18-20-33(21-19-28)31(36)23-27-14-9-15-29(22-27)34(24-26-12-7-4-8-13-26)30(35)17-16-25-10-5-3-6-11-25/h3-17,22,28H,2,18-21,23-24H2,1H3.